The predicted octanol–water partition coefficient (Wildman–Crippen LogP) is -5.32. The van der Waals surface area contributed by atoms with Crippen LogP contribution in [0.3, 0.4) is 0 Å². The molecule has 0 spiro atoms. The molecule has 1 fully saturated rings. The van der Waals surface area contributed by atoms with Crippen LogP contribution in [0.4, 0.5) is 0 Å². The zero-order valence-electron chi connectivity index (χ0n) is 15.4. The largest absolute Gasteiger partial charge is 0.469 e. The summed E-state index contributed by atoms with van der Waals surface area (Å²) < 4.78 is 39.9. The number of ether oxygens (including phenoxy) is 2. The fourth-order valence-electron chi connectivity index (χ4n) is 2.43. The number of carbonyl (C=O) groups excluding carboxylic acids is 1. The van der Waals surface area contributed by atoms with Gasteiger partial charge in [-0.1, -0.05) is 0 Å². The molecule has 1 aliphatic rings. The lowest BCUT2D eigenvalue weighted by Gasteiger charge is -2.42. The van der Waals surface area contributed by atoms with E-state index in [0.717, 1.165) is 0 Å². The highest BCUT2D eigenvalue weighted by Crippen LogP contribution is 2.38. The van der Waals surface area contributed by atoms with Gasteiger partial charge in [-0.15, -0.1) is 0 Å². The van der Waals surface area contributed by atoms with Gasteiger partial charge in [0.1, 0.15) is 48.8 Å². The molecule has 0 aromatic rings. The summed E-state index contributed by atoms with van der Waals surface area (Å²) >= 11 is 0. The minimum atomic E-state index is -5.10. The van der Waals surface area contributed by atoms with Crippen molar-refractivity contribution in [2.24, 2.45) is 0 Å². The van der Waals surface area contributed by atoms with E-state index in [2.05, 4.69) is 9.05 Å². The van der Waals surface area contributed by atoms with Gasteiger partial charge in [0.05, 0.1) is 13.2 Å². The Labute approximate surface area is 173 Å². The van der Waals surface area contributed by atoms with E-state index in [9.17, 15) is 44.6 Å². The number of aliphatic hydroxyl groups excluding tert-OH is 6. The second kappa shape index (κ2) is 11.6. The smallest absolute Gasteiger partial charge is 0.388 e. The van der Waals surface area contributed by atoms with E-state index >= 15 is 0 Å². The molecule has 0 aromatic carbocycles. The van der Waals surface area contributed by atoms with E-state index in [0.29, 0.717) is 0 Å². The van der Waals surface area contributed by atoms with Gasteiger partial charge in [0.15, 0.2) is 12.6 Å². The Kier molecular flexibility index (Phi) is 10.7. The number of phosphoric acid groups is 2. The number of aliphatic hydroxyl groups is 6. The van der Waals surface area contributed by atoms with E-state index in [1.165, 1.54) is 0 Å². The Morgan fingerprint density at radius 3 is 1.94 bits per heavy atom. The first-order valence-electron chi connectivity index (χ1n) is 8.32. The monoisotopic (exact) mass is 502 g/mol. The number of rotatable bonds is 12. The molecule has 0 aromatic heterocycles. The molecule has 31 heavy (non-hydrogen) atoms. The number of hydrogen-bond acceptors (Lipinski definition) is 13. The van der Waals surface area contributed by atoms with E-state index in [4.69, 9.17) is 29.0 Å². The molecule has 1 heterocycles. The predicted molar refractivity (Wildman–Crippen MR) is 91.6 cm³/mol. The van der Waals surface area contributed by atoms with Crippen LogP contribution in [0.5, 0.6) is 0 Å². The molecule has 184 valence electrons. The Hall–Kier alpha value is -0.430. The molecule has 17 nitrogen and oxygen atoms in total. The van der Waals surface area contributed by atoms with Gasteiger partial charge in [-0.05, 0) is 0 Å². The molecule has 19 heteroatoms. The molecule has 0 amide bonds. The highest BCUT2D eigenvalue weighted by Gasteiger charge is 2.47. The van der Waals surface area contributed by atoms with Crippen LogP contribution in [0.2, 0.25) is 0 Å². The van der Waals surface area contributed by atoms with Gasteiger partial charge in [-0.3, -0.25) is 9.05 Å². The van der Waals surface area contributed by atoms with Crippen LogP contribution < -0.4 is 0 Å². The normalized spacial score (nSPS) is 31.6. The van der Waals surface area contributed by atoms with E-state index in [-0.39, 0.29) is 6.29 Å². The topological polar surface area (TPSA) is 290 Å². The molecular weight excluding hydrogens is 478 g/mol. The van der Waals surface area contributed by atoms with Crippen LogP contribution in [-0.4, -0.2) is 125 Å². The lowest BCUT2D eigenvalue weighted by Crippen LogP contribution is -2.61. The van der Waals surface area contributed by atoms with Crippen LogP contribution in [0.25, 0.3) is 0 Å². The van der Waals surface area contributed by atoms with Crippen LogP contribution >= 0.6 is 15.6 Å². The number of hydrogen-bond donors (Lipinski definition) is 10. The Balaban J connectivity index is 3.03. The molecule has 0 aliphatic carbocycles. The zero-order chi connectivity index (χ0) is 24.1. The van der Waals surface area contributed by atoms with Gasteiger partial charge in [0, 0.05) is 0 Å². The van der Waals surface area contributed by atoms with Gasteiger partial charge in [-0.25, -0.2) is 9.13 Å². The fourth-order valence-corrected chi connectivity index (χ4v) is 3.12. The van der Waals surface area contributed by atoms with Crippen molar-refractivity contribution in [1.82, 2.24) is 0 Å². The summed E-state index contributed by atoms with van der Waals surface area (Å²) in [5.74, 6) is 0. The zero-order valence-corrected chi connectivity index (χ0v) is 17.2. The first-order chi connectivity index (χ1) is 14.1. The maximum atomic E-state index is 10.8. The van der Waals surface area contributed by atoms with Gasteiger partial charge < -0.3 is 64.5 Å². The maximum Gasteiger partial charge on any atom is 0.469 e. The van der Waals surface area contributed by atoms with Gasteiger partial charge in [0.25, 0.3) is 0 Å². The van der Waals surface area contributed by atoms with Crippen molar-refractivity contribution in [3.05, 3.63) is 0 Å². The number of phosphoric ester groups is 2. The minimum Gasteiger partial charge on any atom is -0.388 e. The molecule has 1 rings (SSSR count). The third-order valence-corrected chi connectivity index (χ3v) is 4.96. The van der Waals surface area contributed by atoms with Crippen molar-refractivity contribution in [2.75, 3.05) is 13.2 Å². The van der Waals surface area contributed by atoms with Crippen molar-refractivity contribution in [1.29, 1.82) is 0 Å². The van der Waals surface area contributed by atoms with Crippen LogP contribution in [-0.2, 0) is 32.4 Å². The van der Waals surface area contributed by atoms with Gasteiger partial charge in [-0.2, -0.15) is 0 Å². The summed E-state index contributed by atoms with van der Waals surface area (Å²) in [4.78, 5) is 45.6. The molecule has 0 saturated carbocycles. The van der Waals surface area contributed by atoms with E-state index in [1.807, 2.05) is 0 Å². The summed E-state index contributed by atoms with van der Waals surface area (Å²) in [7, 11) is -10.1. The highest BCUT2D eigenvalue weighted by atomic mass is 31.2. The second-order valence-electron chi connectivity index (χ2n) is 6.37. The van der Waals surface area contributed by atoms with Crippen molar-refractivity contribution < 1.29 is 82.7 Å². The Bertz CT molecular complexity index is 663. The lowest BCUT2D eigenvalue weighted by atomic mass is 9.98. The highest BCUT2D eigenvalue weighted by molar-refractivity contribution is 7.46. The third-order valence-electron chi connectivity index (χ3n) is 3.99. The van der Waals surface area contributed by atoms with Gasteiger partial charge in [0.2, 0.25) is 0 Å². The summed E-state index contributed by atoms with van der Waals surface area (Å²) in [5, 5.41) is 59.3. The summed E-state index contributed by atoms with van der Waals surface area (Å²) in [6.45, 7) is -2.21. The van der Waals surface area contributed by atoms with Gasteiger partial charge >= 0.3 is 15.6 Å². The molecule has 0 radical (unpaired) electrons. The summed E-state index contributed by atoms with van der Waals surface area (Å²) in [5.41, 5.74) is 0. The summed E-state index contributed by atoms with van der Waals surface area (Å²) in [6.07, 6.45) is -18.8. The average molecular weight is 502 g/mol. The molecule has 9 atom stereocenters. The summed E-state index contributed by atoms with van der Waals surface area (Å²) in [6, 6.07) is 0. The Morgan fingerprint density at radius 2 is 1.45 bits per heavy atom. The van der Waals surface area contributed by atoms with Crippen LogP contribution in [0.15, 0.2) is 0 Å². The number of carbonyl (C=O) groups is 1. The number of aldehydes is 1. The van der Waals surface area contributed by atoms with Crippen molar-refractivity contribution in [3.8, 4) is 0 Å². The first-order valence-corrected chi connectivity index (χ1v) is 11.4. The third kappa shape index (κ3) is 9.15. The molecule has 0 unspecified atom stereocenters. The first kappa shape index (κ1) is 28.6. The van der Waals surface area contributed by atoms with E-state index < -0.39 is 84.0 Å². The minimum absolute atomic E-state index is 0.176. The average Bonchev–Trinajstić information content (AvgIpc) is 2.66. The molecule has 1 aliphatic heterocycles. The lowest BCUT2D eigenvalue weighted by molar-refractivity contribution is -0.325. The van der Waals surface area contributed by atoms with Crippen molar-refractivity contribution >= 4 is 21.9 Å². The Morgan fingerprint density at radius 1 is 0.903 bits per heavy atom. The standard InChI is InChI=1S/C12H24O17P2/c13-1-4(14)7(16)11(5(15)2-26-30(20,21)22)29-12-10(19)9(18)8(17)6(28-12)3-27-31(23,24)25/h1,4-12,14-19H,2-3H2,(H2,20,21,22)(H2,23,24,25)/t4-,5-,6-,7-,8-,9+,10+,11-,12+/m1/s1. The van der Waals surface area contributed by atoms with Crippen molar-refractivity contribution in [3.63, 3.8) is 0 Å². The maximum absolute atomic E-state index is 10.8. The molecular formula is C12H24O17P2. The molecule has 1 saturated heterocycles. The molecule has 0 bridgehead atoms. The van der Waals surface area contributed by atoms with Crippen molar-refractivity contribution in [2.45, 2.75) is 55.1 Å². The quantitative estimate of drug-likeness (QED) is 0.0880. The van der Waals surface area contributed by atoms with Crippen LogP contribution in [0.1, 0.15) is 0 Å². The van der Waals surface area contributed by atoms with Crippen LogP contribution in [0, 0.1) is 0 Å². The second-order valence-corrected chi connectivity index (χ2v) is 8.85. The SMILES string of the molecule is O=C[C@@H](O)[C@@H](O)[C@H](O[C@@H]1O[C@H](COP(=O)(O)O)[C@@H](O)[C@H](O)[C@@H]1O)[C@H](O)COP(=O)(O)O. The van der Waals surface area contributed by atoms with E-state index in [1.54, 1.807) is 0 Å². The fraction of sp³-hybridized carbons (Fsp3) is 0.917. The molecule has 10 N–H and O–H groups in total.